The first-order valence-corrected chi connectivity index (χ1v) is 10.0. The fraction of sp³-hybridized carbons (Fsp3) is 0.250. The van der Waals surface area contributed by atoms with Crippen LogP contribution in [0.3, 0.4) is 0 Å². The van der Waals surface area contributed by atoms with Crippen LogP contribution in [0.5, 0.6) is 0 Å². The third-order valence-corrected chi connectivity index (χ3v) is 5.31. The van der Waals surface area contributed by atoms with Crippen LogP contribution in [0.1, 0.15) is 11.3 Å². The van der Waals surface area contributed by atoms with Crippen LogP contribution >= 0.6 is 11.3 Å². The lowest BCUT2D eigenvalue weighted by Gasteiger charge is -2.29. The smallest absolute Gasteiger partial charge is 0.378 e. The first-order valence-electron chi connectivity index (χ1n) is 9.13. The lowest BCUT2D eigenvalue weighted by Crippen LogP contribution is -2.37. The first-order chi connectivity index (χ1) is 14.4. The maximum absolute atomic E-state index is 13.1. The number of hydrogen-bond acceptors (Lipinski definition) is 6. The van der Waals surface area contributed by atoms with E-state index in [1.54, 1.807) is 16.5 Å². The Labute approximate surface area is 174 Å². The molecule has 1 saturated heterocycles. The molecule has 1 fully saturated rings. The average Bonchev–Trinajstić information content (AvgIpc) is 3.20. The lowest BCUT2D eigenvalue weighted by atomic mass is 10.2. The van der Waals surface area contributed by atoms with E-state index in [0.29, 0.717) is 37.6 Å². The highest BCUT2D eigenvalue weighted by Gasteiger charge is 2.33. The lowest BCUT2D eigenvalue weighted by molar-refractivity contribution is -0.141. The predicted octanol–water partition coefficient (Wildman–Crippen LogP) is 4.20. The Bertz CT molecular complexity index is 1090. The topological polar surface area (TPSA) is 67.4 Å². The number of pyridine rings is 1. The number of amides is 1. The summed E-state index contributed by atoms with van der Waals surface area (Å²) in [4.78, 5) is 22.1. The number of aromatic nitrogens is 2. The largest absolute Gasteiger partial charge is 0.433 e. The van der Waals surface area contributed by atoms with Crippen molar-refractivity contribution in [1.82, 2.24) is 9.97 Å². The Balaban J connectivity index is 1.55. The number of carbonyl (C=O) groups is 1. The normalized spacial score (nSPS) is 15.1. The summed E-state index contributed by atoms with van der Waals surface area (Å²) >= 11 is 1.46. The second-order valence-electron chi connectivity index (χ2n) is 6.56. The first kappa shape index (κ1) is 20.3. The minimum Gasteiger partial charge on any atom is -0.378 e. The zero-order valence-electron chi connectivity index (χ0n) is 15.6. The molecule has 1 N–H and O–H groups in total. The van der Waals surface area contributed by atoms with Crippen LogP contribution in [0, 0.1) is 0 Å². The maximum atomic E-state index is 13.1. The summed E-state index contributed by atoms with van der Waals surface area (Å²) in [5.41, 5.74) is 2.64. The number of fused-ring (bicyclic) bond motifs is 1. The number of halogens is 3. The SMILES string of the molecule is O=C(C=Cc1ccc(C(F)(F)F)nc1N1CCOCC1)Nc1ccc2ncsc2c1. The van der Waals surface area contributed by atoms with Crippen molar-refractivity contribution in [2.24, 2.45) is 0 Å². The van der Waals surface area contributed by atoms with Gasteiger partial charge in [-0.25, -0.2) is 9.97 Å². The molecular weight excluding hydrogens is 417 g/mol. The Kier molecular flexibility index (Phi) is 5.69. The number of hydrogen-bond donors (Lipinski definition) is 1. The van der Waals surface area contributed by atoms with Gasteiger partial charge >= 0.3 is 6.18 Å². The van der Waals surface area contributed by atoms with Crippen LogP contribution in [0.15, 0.2) is 41.9 Å². The summed E-state index contributed by atoms with van der Waals surface area (Å²) in [6.45, 7) is 1.66. The Morgan fingerprint density at radius 3 is 2.77 bits per heavy atom. The molecule has 0 atom stereocenters. The molecule has 1 aliphatic rings. The van der Waals surface area contributed by atoms with Crippen molar-refractivity contribution >= 4 is 45.0 Å². The van der Waals surface area contributed by atoms with Gasteiger partial charge < -0.3 is 15.0 Å². The van der Waals surface area contributed by atoms with E-state index in [2.05, 4.69) is 15.3 Å². The van der Waals surface area contributed by atoms with E-state index in [1.165, 1.54) is 29.6 Å². The molecule has 2 aromatic heterocycles. The fourth-order valence-corrected chi connectivity index (χ4v) is 3.77. The Morgan fingerprint density at radius 2 is 2.00 bits per heavy atom. The van der Waals surface area contributed by atoms with Crippen LogP contribution in [0.2, 0.25) is 0 Å². The van der Waals surface area contributed by atoms with Gasteiger partial charge in [-0.3, -0.25) is 4.79 Å². The van der Waals surface area contributed by atoms with Gasteiger partial charge in [-0.15, -0.1) is 11.3 Å². The highest BCUT2D eigenvalue weighted by atomic mass is 32.1. The molecule has 0 aliphatic carbocycles. The van der Waals surface area contributed by atoms with Gasteiger partial charge in [-0.05, 0) is 36.4 Å². The number of alkyl halides is 3. The number of ether oxygens (including phenoxy) is 1. The van der Waals surface area contributed by atoms with Crippen molar-refractivity contribution in [3.8, 4) is 0 Å². The number of nitrogens with zero attached hydrogens (tertiary/aromatic N) is 3. The number of thiazole rings is 1. The fourth-order valence-electron chi connectivity index (χ4n) is 3.06. The molecule has 0 bridgehead atoms. The average molecular weight is 434 g/mol. The number of benzene rings is 1. The van der Waals surface area contributed by atoms with E-state index >= 15 is 0 Å². The molecule has 0 radical (unpaired) electrons. The van der Waals surface area contributed by atoms with Gasteiger partial charge in [-0.1, -0.05) is 0 Å². The quantitative estimate of drug-likeness (QED) is 0.624. The molecule has 3 aromatic rings. The van der Waals surface area contributed by atoms with E-state index in [1.807, 2.05) is 12.1 Å². The van der Waals surface area contributed by atoms with Crippen molar-refractivity contribution in [2.75, 3.05) is 36.5 Å². The molecule has 0 spiro atoms. The van der Waals surface area contributed by atoms with E-state index in [-0.39, 0.29) is 5.82 Å². The third kappa shape index (κ3) is 4.60. The minimum absolute atomic E-state index is 0.184. The second-order valence-corrected chi connectivity index (χ2v) is 7.45. The molecule has 1 amide bonds. The van der Waals surface area contributed by atoms with Crippen LogP contribution in [-0.4, -0.2) is 42.2 Å². The van der Waals surface area contributed by atoms with Gasteiger partial charge in [0.2, 0.25) is 5.91 Å². The van der Waals surface area contributed by atoms with Crippen LogP contribution in [0.25, 0.3) is 16.3 Å². The molecular formula is C20H17F3N4O2S. The van der Waals surface area contributed by atoms with Gasteiger partial charge in [0.05, 0.1) is 28.9 Å². The molecule has 4 rings (SSSR count). The van der Waals surface area contributed by atoms with E-state index < -0.39 is 17.8 Å². The number of nitrogens with one attached hydrogen (secondary N) is 1. The van der Waals surface area contributed by atoms with E-state index in [0.717, 1.165) is 16.3 Å². The zero-order chi connectivity index (χ0) is 21.1. The number of carbonyl (C=O) groups excluding carboxylic acids is 1. The molecule has 6 nitrogen and oxygen atoms in total. The number of anilines is 2. The maximum Gasteiger partial charge on any atom is 0.433 e. The molecule has 30 heavy (non-hydrogen) atoms. The standard InChI is InChI=1S/C20H17F3N4O2S/c21-20(22,23)17-5-1-13(19(26-17)27-7-9-29-10-8-27)2-6-18(28)25-14-3-4-15-16(11-14)30-12-24-15/h1-6,11-12H,7-10H2,(H,25,28). The van der Waals surface area contributed by atoms with Gasteiger partial charge in [0, 0.05) is 30.4 Å². The Hall–Kier alpha value is -2.98. The molecule has 156 valence electrons. The van der Waals surface area contributed by atoms with Crippen molar-refractivity contribution in [1.29, 1.82) is 0 Å². The number of rotatable bonds is 4. The van der Waals surface area contributed by atoms with Gasteiger partial charge in [0.1, 0.15) is 11.5 Å². The summed E-state index contributed by atoms with van der Waals surface area (Å²) in [7, 11) is 0. The summed E-state index contributed by atoms with van der Waals surface area (Å²) < 4.78 is 45.6. The number of morpholine rings is 1. The minimum atomic E-state index is -4.55. The van der Waals surface area contributed by atoms with Crippen molar-refractivity contribution in [3.05, 3.63) is 53.2 Å². The molecule has 10 heteroatoms. The van der Waals surface area contributed by atoms with Crippen LogP contribution in [0.4, 0.5) is 24.7 Å². The third-order valence-electron chi connectivity index (χ3n) is 4.52. The summed E-state index contributed by atoms with van der Waals surface area (Å²) in [5.74, 6) is -0.213. The van der Waals surface area contributed by atoms with Gasteiger partial charge in [0.25, 0.3) is 0 Å². The molecule has 3 heterocycles. The van der Waals surface area contributed by atoms with Crippen LogP contribution in [-0.2, 0) is 15.7 Å². The molecule has 0 unspecified atom stereocenters. The predicted molar refractivity (Wildman–Crippen MR) is 110 cm³/mol. The summed E-state index contributed by atoms with van der Waals surface area (Å²) in [6.07, 6.45) is -1.79. The van der Waals surface area contributed by atoms with Gasteiger partial charge in [-0.2, -0.15) is 13.2 Å². The molecule has 1 aliphatic heterocycles. The van der Waals surface area contributed by atoms with E-state index in [9.17, 15) is 18.0 Å². The van der Waals surface area contributed by atoms with Crippen molar-refractivity contribution in [3.63, 3.8) is 0 Å². The van der Waals surface area contributed by atoms with Crippen molar-refractivity contribution < 1.29 is 22.7 Å². The van der Waals surface area contributed by atoms with E-state index in [4.69, 9.17) is 4.74 Å². The zero-order valence-corrected chi connectivity index (χ0v) is 16.5. The summed E-state index contributed by atoms with van der Waals surface area (Å²) in [5, 5.41) is 2.75. The van der Waals surface area contributed by atoms with Gasteiger partial charge in [0.15, 0.2) is 0 Å². The monoisotopic (exact) mass is 434 g/mol. The van der Waals surface area contributed by atoms with Crippen LogP contribution < -0.4 is 10.2 Å². The highest BCUT2D eigenvalue weighted by Crippen LogP contribution is 2.31. The molecule has 1 aromatic carbocycles. The molecule has 0 saturated carbocycles. The van der Waals surface area contributed by atoms with Crippen molar-refractivity contribution in [2.45, 2.75) is 6.18 Å². The second kappa shape index (κ2) is 8.41. The highest BCUT2D eigenvalue weighted by molar-refractivity contribution is 7.16. The Morgan fingerprint density at radius 1 is 1.20 bits per heavy atom. The summed E-state index contributed by atoms with van der Waals surface area (Å²) in [6, 6.07) is 7.61.